The first kappa shape index (κ1) is 13.6. The summed E-state index contributed by atoms with van der Waals surface area (Å²) in [4.78, 5) is 12.0. The van der Waals surface area contributed by atoms with Crippen LogP contribution < -0.4 is 5.32 Å². The van der Waals surface area contributed by atoms with Crippen molar-refractivity contribution in [2.75, 3.05) is 5.32 Å². The van der Waals surface area contributed by atoms with E-state index in [0.717, 1.165) is 9.26 Å². The molecule has 2 aromatic rings. The Morgan fingerprint density at radius 2 is 1.61 bits per heavy atom. The van der Waals surface area contributed by atoms with Gasteiger partial charge in [-0.3, -0.25) is 4.79 Å². The predicted molar refractivity (Wildman–Crippen MR) is 83.6 cm³/mol. The largest absolute Gasteiger partial charge is 0.321 e. The summed E-state index contributed by atoms with van der Waals surface area (Å²) in [6, 6.07) is 12.0. The zero-order valence-electron chi connectivity index (χ0n) is 9.08. The smallest absolute Gasteiger partial charge is 0.255 e. The summed E-state index contributed by atoms with van der Waals surface area (Å²) >= 11 is 13.8. The number of anilines is 1. The molecule has 0 saturated carbocycles. The van der Waals surface area contributed by atoms with Crippen molar-refractivity contribution in [1.82, 2.24) is 0 Å². The maximum absolute atomic E-state index is 12.0. The molecule has 18 heavy (non-hydrogen) atoms. The highest BCUT2D eigenvalue weighted by Gasteiger charge is 2.08. The van der Waals surface area contributed by atoms with Crippen LogP contribution in [0.1, 0.15) is 10.4 Å². The van der Waals surface area contributed by atoms with Crippen LogP contribution in [0.4, 0.5) is 5.69 Å². The summed E-state index contributed by atoms with van der Waals surface area (Å²) < 4.78 is 0.891. The highest BCUT2D eigenvalue weighted by Crippen LogP contribution is 2.23. The highest BCUT2D eigenvalue weighted by molar-refractivity contribution is 14.1. The van der Waals surface area contributed by atoms with E-state index in [0.29, 0.717) is 15.6 Å². The Bertz CT molecular complexity index is 584. The van der Waals surface area contributed by atoms with Gasteiger partial charge in [-0.25, -0.2) is 0 Å². The summed E-state index contributed by atoms with van der Waals surface area (Å²) in [5.41, 5.74) is 1.30. The van der Waals surface area contributed by atoms with Crippen molar-refractivity contribution in [2.24, 2.45) is 0 Å². The molecule has 5 heteroatoms. The summed E-state index contributed by atoms with van der Waals surface area (Å²) in [6.07, 6.45) is 0. The number of nitrogens with one attached hydrogen (secondary N) is 1. The average molecular weight is 392 g/mol. The number of amides is 1. The molecule has 0 radical (unpaired) electrons. The fourth-order valence-electron chi connectivity index (χ4n) is 1.39. The topological polar surface area (TPSA) is 29.1 Å². The Morgan fingerprint density at radius 3 is 2.22 bits per heavy atom. The molecule has 0 aliphatic rings. The molecule has 1 N–H and O–H groups in total. The van der Waals surface area contributed by atoms with Gasteiger partial charge in [0.05, 0.1) is 5.69 Å². The molecule has 0 heterocycles. The van der Waals surface area contributed by atoms with Crippen LogP contribution in [0, 0.1) is 3.57 Å². The van der Waals surface area contributed by atoms with E-state index in [-0.39, 0.29) is 5.91 Å². The van der Waals surface area contributed by atoms with Gasteiger partial charge in [-0.05, 0) is 65.1 Å². The fraction of sp³-hybridized carbons (Fsp3) is 0. The van der Waals surface area contributed by atoms with Crippen molar-refractivity contribution >= 4 is 57.4 Å². The highest BCUT2D eigenvalue weighted by atomic mass is 127. The molecule has 2 nitrogen and oxygen atoms in total. The molecule has 0 atom stereocenters. The lowest BCUT2D eigenvalue weighted by Crippen LogP contribution is -2.12. The number of carbonyl (C=O) groups excluding carboxylic acids is 1. The van der Waals surface area contributed by atoms with Crippen LogP contribution in [0.25, 0.3) is 0 Å². The first-order chi connectivity index (χ1) is 8.56. The Hall–Kier alpha value is -0.780. The van der Waals surface area contributed by atoms with Crippen LogP contribution in [0.15, 0.2) is 42.5 Å². The third-order valence-electron chi connectivity index (χ3n) is 2.29. The van der Waals surface area contributed by atoms with Gasteiger partial charge in [-0.1, -0.05) is 23.2 Å². The predicted octanol–water partition coefficient (Wildman–Crippen LogP) is 4.85. The van der Waals surface area contributed by atoms with Crippen molar-refractivity contribution in [3.63, 3.8) is 0 Å². The summed E-state index contributed by atoms with van der Waals surface area (Å²) in [5.74, 6) is -0.174. The first-order valence-electron chi connectivity index (χ1n) is 5.08. The van der Waals surface area contributed by atoms with Crippen molar-refractivity contribution in [1.29, 1.82) is 0 Å². The minimum absolute atomic E-state index is 0.174. The molecule has 1 amide bonds. The zero-order chi connectivity index (χ0) is 13.1. The van der Waals surface area contributed by atoms with E-state index in [1.807, 2.05) is 0 Å². The lowest BCUT2D eigenvalue weighted by atomic mass is 10.2. The fourth-order valence-corrected chi connectivity index (χ4v) is 2.52. The Kier molecular flexibility index (Phi) is 4.48. The Morgan fingerprint density at radius 1 is 1.00 bits per heavy atom. The van der Waals surface area contributed by atoms with Gasteiger partial charge in [0.2, 0.25) is 0 Å². The van der Waals surface area contributed by atoms with Crippen molar-refractivity contribution < 1.29 is 4.79 Å². The molecule has 0 aliphatic heterocycles. The number of hydrogen-bond acceptors (Lipinski definition) is 1. The van der Waals surface area contributed by atoms with E-state index in [2.05, 4.69) is 27.9 Å². The molecule has 0 bridgehead atoms. The van der Waals surface area contributed by atoms with Gasteiger partial charge in [0.15, 0.2) is 0 Å². The van der Waals surface area contributed by atoms with Gasteiger partial charge in [-0.2, -0.15) is 0 Å². The SMILES string of the molecule is O=C(Nc1ccc(Cl)cc1I)c1ccc(Cl)cc1. The van der Waals surface area contributed by atoms with Crippen molar-refractivity contribution in [3.05, 3.63) is 61.6 Å². The zero-order valence-corrected chi connectivity index (χ0v) is 12.8. The Balaban J connectivity index is 2.18. The van der Waals surface area contributed by atoms with E-state index in [1.54, 1.807) is 42.5 Å². The van der Waals surface area contributed by atoms with Crippen LogP contribution in [-0.2, 0) is 0 Å². The number of carbonyl (C=O) groups is 1. The quantitative estimate of drug-likeness (QED) is 0.728. The van der Waals surface area contributed by atoms with Gasteiger partial charge < -0.3 is 5.32 Å². The molecule has 0 spiro atoms. The minimum atomic E-state index is -0.174. The molecule has 2 rings (SSSR count). The molecular formula is C13H8Cl2INO. The number of hydrogen-bond donors (Lipinski definition) is 1. The summed E-state index contributed by atoms with van der Waals surface area (Å²) in [6.45, 7) is 0. The van der Waals surface area contributed by atoms with Gasteiger partial charge in [-0.15, -0.1) is 0 Å². The van der Waals surface area contributed by atoms with Crippen molar-refractivity contribution in [2.45, 2.75) is 0 Å². The second-order valence-electron chi connectivity index (χ2n) is 3.59. The number of halogens is 3. The third-order valence-corrected chi connectivity index (χ3v) is 3.67. The van der Waals surface area contributed by atoms with Crippen molar-refractivity contribution in [3.8, 4) is 0 Å². The average Bonchev–Trinajstić information content (AvgIpc) is 2.33. The summed E-state index contributed by atoms with van der Waals surface area (Å²) in [7, 11) is 0. The van der Waals surface area contributed by atoms with Gasteiger partial charge in [0, 0.05) is 19.2 Å². The molecule has 0 aromatic heterocycles. The van der Waals surface area contributed by atoms with Crippen LogP contribution in [-0.4, -0.2) is 5.91 Å². The normalized spacial score (nSPS) is 10.2. The molecule has 92 valence electrons. The van der Waals surface area contributed by atoms with E-state index < -0.39 is 0 Å². The maximum Gasteiger partial charge on any atom is 0.255 e. The molecule has 0 unspecified atom stereocenters. The van der Waals surface area contributed by atoms with Crippen LogP contribution in [0.2, 0.25) is 10.0 Å². The number of benzene rings is 2. The molecule has 0 fully saturated rings. The second-order valence-corrected chi connectivity index (χ2v) is 5.62. The minimum Gasteiger partial charge on any atom is -0.321 e. The molecule has 0 saturated heterocycles. The first-order valence-corrected chi connectivity index (χ1v) is 6.92. The maximum atomic E-state index is 12.0. The molecule has 2 aromatic carbocycles. The summed E-state index contributed by atoms with van der Waals surface area (Å²) in [5, 5.41) is 4.07. The van der Waals surface area contributed by atoms with E-state index >= 15 is 0 Å². The van der Waals surface area contributed by atoms with Gasteiger partial charge >= 0.3 is 0 Å². The number of rotatable bonds is 2. The van der Waals surface area contributed by atoms with Crippen LogP contribution >= 0.6 is 45.8 Å². The lowest BCUT2D eigenvalue weighted by Gasteiger charge is -2.07. The lowest BCUT2D eigenvalue weighted by molar-refractivity contribution is 0.102. The van der Waals surface area contributed by atoms with Gasteiger partial charge in [0.25, 0.3) is 5.91 Å². The van der Waals surface area contributed by atoms with Crippen LogP contribution in [0.5, 0.6) is 0 Å². The van der Waals surface area contributed by atoms with E-state index in [1.165, 1.54) is 0 Å². The second kappa shape index (κ2) is 5.91. The monoisotopic (exact) mass is 391 g/mol. The standard InChI is InChI=1S/C13H8Cl2INO/c14-9-3-1-8(2-4-9)13(18)17-12-6-5-10(15)7-11(12)16/h1-7H,(H,17,18). The molecule has 0 aliphatic carbocycles. The van der Waals surface area contributed by atoms with Gasteiger partial charge in [0.1, 0.15) is 0 Å². The van der Waals surface area contributed by atoms with E-state index in [4.69, 9.17) is 23.2 Å². The van der Waals surface area contributed by atoms with E-state index in [9.17, 15) is 4.79 Å². The van der Waals surface area contributed by atoms with Crippen LogP contribution in [0.3, 0.4) is 0 Å². The Labute approximate surface area is 128 Å². The third kappa shape index (κ3) is 3.37. The molecular weight excluding hydrogens is 384 g/mol.